The molecule has 1 heterocycles. The first-order valence-corrected chi connectivity index (χ1v) is 10.4. The van der Waals surface area contributed by atoms with Crippen LogP contribution >= 0.6 is 0 Å². The van der Waals surface area contributed by atoms with E-state index >= 15 is 0 Å². The van der Waals surface area contributed by atoms with Gasteiger partial charge in [-0.1, -0.05) is 48.5 Å². The highest BCUT2D eigenvalue weighted by molar-refractivity contribution is 6.13. The second kappa shape index (κ2) is 9.47. The molecule has 1 aromatic heterocycles. The van der Waals surface area contributed by atoms with Gasteiger partial charge in [0.05, 0.1) is 12.8 Å². The van der Waals surface area contributed by atoms with Gasteiger partial charge < -0.3 is 9.30 Å². The Morgan fingerprint density at radius 1 is 1.12 bits per heavy atom. The molecule has 0 aliphatic heterocycles. The lowest BCUT2D eigenvalue weighted by Gasteiger charge is -2.12. The predicted molar refractivity (Wildman–Crippen MR) is 128 cm³/mol. The Morgan fingerprint density at radius 3 is 2.36 bits per heavy atom. The number of pyridine rings is 1. The summed E-state index contributed by atoms with van der Waals surface area (Å²) in [6.07, 6.45) is 1.63. The number of hydrazone groups is 1. The number of rotatable bonds is 6. The lowest BCUT2D eigenvalue weighted by molar-refractivity contribution is -0.121. The average molecular weight is 438 g/mol. The molecule has 0 aliphatic carbocycles. The van der Waals surface area contributed by atoms with Crippen LogP contribution in [0.3, 0.4) is 0 Å². The Hall–Kier alpha value is -4.28. The molecule has 0 saturated heterocycles. The SMILES string of the molecule is COCc1cc(C)n(CC(=O)N/N=C\c2c3ccccc3cc3ccccc23)c(=O)c1C#N. The number of nitrogens with one attached hydrogen (secondary N) is 1. The zero-order valence-corrected chi connectivity index (χ0v) is 18.3. The molecule has 1 N–H and O–H groups in total. The molecule has 7 nitrogen and oxygen atoms in total. The molecule has 3 aromatic carbocycles. The molecule has 0 aliphatic rings. The van der Waals surface area contributed by atoms with Gasteiger partial charge in [0.25, 0.3) is 11.5 Å². The predicted octanol–water partition coefficient (Wildman–Crippen LogP) is 3.63. The maximum Gasteiger partial charge on any atom is 0.269 e. The van der Waals surface area contributed by atoms with Crippen LogP contribution in [0.2, 0.25) is 0 Å². The first kappa shape index (κ1) is 21.9. The molecular formula is C26H22N4O3. The van der Waals surface area contributed by atoms with Crippen LogP contribution < -0.4 is 11.0 Å². The van der Waals surface area contributed by atoms with Gasteiger partial charge in [-0.05, 0) is 40.6 Å². The number of methoxy groups -OCH3 is 1. The molecule has 7 heteroatoms. The molecule has 0 fully saturated rings. The van der Waals surface area contributed by atoms with Crippen LogP contribution in [0, 0.1) is 18.3 Å². The standard InChI is InChI=1S/C26H22N4O3/c1-17-11-20(16-33-2)23(13-27)26(32)30(17)15-25(31)29-28-14-24-21-9-5-3-7-18(21)12-19-8-4-6-10-22(19)24/h3-12,14H,15-16H2,1-2H3,(H,29,31)/b28-14-. The van der Waals surface area contributed by atoms with E-state index < -0.39 is 11.5 Å². The quantitative estimate of drug-likeness (QED) is 0.282. The molecule has 0 unspecified atom stereocenters. The Labute approximate surface area is 190 Å². The number of hydrogen-bond acceptors (Lipinski definition) is 5. The first-order chi connectivity index (χ1) is 16.0. The van der Waals surface area contributed by atoms with Crippen molar-refractivity contribution in [3.05, 3.63) is 93.4 Å². The second-order valence-corrected chi connectivity index (χ2v) is 7.65. The zero-order valence-electron chi connectivity index (χ0n) is 18.3. The van der Waals surface area contributed by atoms with Crippen molar-refractivity contribution < 1.29 is 9.53 Å². The van der Waals surface area contributed by atoms with Crippen LogP contribution in [0.25, 0.3) is 21.5 Å². The lowest BCUT2D eigenvalue weighted by Crippen LogP contribution is -2.33. The summed E-state index contributed by atoms with van der Waals surface area (Å²) in [4.78, 5) is 25.3. The molecule has 4 aromatic rings. The van der Waals surface area contributed by atoms with Crippen LogP contribution in [0.15, 0.2) is 70.6 Å². The van der Waals surface area contributed by atoms with E-state index in [1.165, 1.54) is 11.7 Å². The van der Waals surface area contributed by atoms with E-state index in [1.807, 2.05) is 54.6 Å². The molecule has 33 heavy (non-hydrogen) atoms. The van der Waals surface area contributed by atoms with Crippen LogP contribution in [-0.4, -0.2) is 23.8 Å². The Balaban J connectivity index is 1.61. The molecule has 164 valence electrons. The van der Waals surface area contributed by atoms with Gasteiger partial charge in [-0.15, -0.1) is 0 Å². The summed E-state index contributed by atoms with van der Waals surface area (Å²) in [6.45, 7) is 1.61. The van der Waals surface area contributed by atoms with Gasteiger partial charge in [-0.3, -0.25) is 9.59 Å². The normalized spacial score (nSPS) is 11.2. The minimum Gasteiger partial charge on any atom is -0.380 e. The van der Waals surface area contributed by atoms with Crippen LogP contribution in [0.5, 0.6) is 0 Å². The Bertz CT molecular complexity index is 1440. The Kier molecular flexibility index (Phi) is 6.29. The average Bonchev–Trinajstić information content (AvgIpc) is 2.81. The van der Waals surface area contributed by atoms with Crippen molar-refractivity contribution in [2.45, 2.75) is 20.1 Å². The van der Waals surface area contributed by atoms with Gasteiger partial charge in [0.15, 0.2) is 0 Å². The first-order valence-electron chi connectivity index (χ1n) is 10.4. The van der Waals surface area contributed by atoms with E-state index in [9.17, 15) is 14.9 Å². The van der Waals surface area contributed by atoms with Gasteiger partial charge in [-0.25, -0.2) is 5.43 Å². The molecule has 0 spiro atoms. The topological polar surface area (TPSA) is 96.5 Å². The highest BCUT2D eigenvalue weighted by Crippen LogP contribution is 2.27. The second-order valence-electron chi connectivity index (χ2n) is 7.65. The van der Waals surface area contributed by atoms with Crippen LogP contribution in [0.1, 0.15) is 22.4 Å². The summed E-state index contributed by atoms with van der Waals surface area (Å²) in [5, 5.41) is 17.7. The number of benzene rings is 3. The number of aromatic nitrogens is 1. The summed E-state index contributed by atoms with van der Waals surface area (Å²) in [5.74, 6) is -0.468. The van der Waals surface area contributed by atoms with Crippen LogP contribution in [0.4, 0.5) is 0 Å². The lowest BCUT2D eigenvalue weighted by atomic mass is 9.97. The number of carbonyl (C=O) groups is 1. The fourth-order valence-corrected chi connectivity index (χ4v) is 3.96. The smallest absolute Gasteiger partial charge is 0.269 e. The van der Waals surface area contributed by atoms with E-state index in [0.717, 1.165) is 27.1 Å². The maximum atomic E-state index is 12.7. The van der Waals surface area contributed by atoms with Crippen molar-refractivity contribution in [2.75, 3.05) is 7.11 Å². The molecule has 0 atom stereocenters. The zero-order chi connectivity index (χ0) is 23.4. The Morgan fingerprint density at radius 2 is 1.76 bits per heavy atom. The fraction of sp³-hybridized carbons (Fsp3) is 0.154. The molecule has 1 amide bonds. The van der Waals surface area contributed by atoms with Gasteiger partial charge in [0.2, 0.25) is 0 Å². The van der Waals surface area contributed by atoms with Gasteiger partial charge in [0, 0.05) is 23.9 Å². The third-order valence-electron chi connectivity index (χ3n) is 5.50. The van der Waals surface area contributed by atoms with E-state index in [4.69, 9.17) is 4.74 Å². The van der Waals surface area contributed by atoms with E-state index in [2.05, 4.69) is 16.6 Å². The number of nitrogens with zero attached hydrogens (tertiary/aromatic N) is 3. The number of hydrogen-bond donors (Lipinski definition) is 1. The minimum absolute atomic E-state index is 0.0269. The number of carbonyl (C=O) groups excluding carboxylic acids is 1. The summed E-state index contributed by atoms with van der Waals surface area (Å²) < 4.78 is 6.32. The van der Waals surface area contributed by atoms with Gasteiger partial charge in [0.1, 0.15) is 18.2 Å². The third kappa shape index (κ3) is 4.38. The highest BCUT2D eigenvalue weighted by Gasteiger charge is 2.15. The number of aryl methyl sites for hydroxylation is 1. The van der Waals surface area contributed by atoms with Crippen molar-refractivity contribution in [3.63, 3.8) is 0 Å². The van der Waals surface area contributed by atoms with Crippen LogP contribution in [-0.2, 0) is 22.7 Å². The van der Waals surface area contributed by atoms with Crippen molar-refractivity contribution in [1.29, 1.82) is 5.26 Å². The fourth-order valence-electron chi connectivity index (χ4n) is 3.96. The van der Waals surface area contributed by atoms with Crippen molar-refractivity contribution in [3.8, 4) is 6.07 Å². The third-order valence-corrected chi connectivity index (χ3v) is 5.50. The summed E-state index contributed by atoms with van der Waals surface area (Å²) in [7, 11) is 1.49. The molecule has 0 saturated carbocycles. The number of fused-ring (bicyclic) bond motifs is 2. The summed E-state index contributed by atoms with van der Waals surface area (Å²) in [5.41, 5.74) is 3.91. The van der Waals surface area contributed by atoms with Gasteiger partial charge >= 0.3 is 0 Å². The van der Waals surface area contributed by atoms with Crippen molar-refractivity contribution >= 4 is 33.7 Å². The van der Waals surface area contributed by atoms with Crippen molar-refractivity contribution in [2.24, 2.45) is 5.10 Å². The number of ether oxygens (including phenoxy) is 1. The largest absolute Gasteiger partial charge is 0.380 e. The van der Waals surface area contributed by atoms with E-state index in [1.54, 1.807) is 19.2 Å². The number of amides is 1. The van der Waals surface area contributed by atoms with Gasteiger partial charge in [-0.2, -0.15) is 10.4 Å². The maximum absolute atomic E-state index is 12.7. The molecular weight excluding hydrogens is 416 g/mol. The highest BCUT2D eigenvalue weighted by atomic mass is 16.5. The minimum atomic E-state index is -0.524. The number of nitriles is 1. The molecule has 4 rings (SSSR count). The summed E-state index contributed by atoms with van der Waals surface area (Å²) >= 11 is 0. The molecule has 0 radical (unpaired) electrons. The summed E-state index contributed by atoms with van der Waals surface area (Å²) in [6, 6.07) is 21.7. The monoisotopic (exact) mass is 438 g/mol. The van der Waals surface area contributed by atoms with Crippen molar-refractivity contribution in [1.82, 2.24) is 9.99 Å². The molecule has 0 bridgehead atoms. The van der Waals surface area contributed by atoms with E-state index in [0.29, 0.717) is 11.3 Å². The van der Waals surface area contributed by atoms with E-state index in [-0.39, 0.29) is 18.7 Å².